The minimum atomic E-state index is 0.155. The van der Waals surface area contributed by atoms with Crippen molar-refractivity contribution in [3.05, 3.63) is 36.0 Å². The number of rotatable bonds is 4. The van der Waals surface area contributed by atoms with Crippen LogP contribution in [0.1, 0.15) is 32.9 Å². The van der Waals surface area contributed by atoms with E-state index in [-0.39, 0.29) is 11.5 Å². The molecule has 20 heavy (non-hydrogen) atoms. The number of benzene rings is 1. The van der Waals surface area contributed by atoms with Gasteiger partial charge >= 0.3 is 0 Å². The molecule has 0 aliphatic rings. The number of nitrogens with one attached hydrogen (secondary N) is 1. The van der Waals surface area contributed by atoms with Crippen LogP contribution in [0.15, 0.2) is 30.3 Å². The normalized spacial score (nSPS) is 13.4. The molecule has 3 heteroatoms. The molecule has 0 amide bonds. The van der Waals surface area contributed by atoms with Crippen LogP contribution in [0.3, 0.4) is 0 Å². The van der Waals surface area contributed by atoms with Gasteiger partial charge in [0.25, 0.3) is 0 Å². The SMILES string of the molecule is Cc1cc(NCC(N)CC(C)(C)C)c2ccccc2n1. The number of anilines is 1. The number of para-hydroxylation sites is 1. The molecule has 1 aromatic carbocycles. The first-order chi connectivity index (χ1) is 9.35. The van der Waals surface area contributed by atoms with E-state index in [0.29, 0.717) is 0 Å². The highest BCUT2D eigenvalue weighted by Crippen LogP contribution is 2.24. The Labute approximate surface area is 121 Å². The molecule has 0 saturated carbocycles. The third-order valence-corrected chi connectivity index (χ3v) is 3.27. The molecular weight excluding hydrogens is 246 g/mol. The number of pyridine rings is 1. The Balaban J connectivity index is 2.14. The number of aryl methyl sites for hydroxylation is 1. The Morgan fingerprint density at radius 3 is 2.65 bits per heavy atom. The van der Waals surface area contributed by atoms with Crippen LogP contribution in [0.25, 0.3) is 10.9 Å². The zero-order chi connectivity index (χ0) is 14.8. The van der Waals surface area contributed by atoms with Gasteiger partial charge in [-0.05, 0) is 30.9 Å². The van der Waals surface area contributed by atoms with Crippen molar-refractivity contribution in [2.24, 2.45) is 11.1 Å². The molecule has 0 spiro atoms. The summed E-state index contributed by atoms with van der Waals surface area (Å²) in [5.41, 5.74) is 9.65. The second kappa shape index (κ2) is 5.80. The van der Waals surface area contributed by atoms with E-state index in [2.05, 4.69) is 43.2 Å². The van der Waals surface area contributed by atoms with E-state index in [9.17, 15) is 0 Å². The van der Waals surface area contributed by atoms with E-state index in [1.54, 1.807) is 0 Å². The molecule has 1 heterocycles. The van der Waals surface area contributed by atoms with Crippen LogP contribution in [-0.2, 0) is 0 Å². The number of fused-ring (bicyclic) bond motifs is 1. The number of hydrogen-bond donors (Lipinski definition) is 2. The first-order valence-corrected chi connectivity index (χ1v) is 7.21. The van der Waals surface area contributed by atoms with Crippen LogP contribution < -0.4 is 11.1 Å². The van der Waals surface area contributed by atoms with Gasteiger partial charge in [0.15, 0.2) is 0 Å². The van der Waals surface area contributed by atoms with Gasteiger partial charge in [0, 0.05) is 29.4 Å². The maximum Gasteiger partial charge on any atom is 0.0725 e. The largest absolute Gasteiger partial charge is 0.383 e. The van der Waals surface area contributed by atoms with Gasteiger partial charge in [0.05, 0.1) is 5.52 Å². The Morgan fingerprint density at radius 1 is 1.25 bits per heavy atom. The molecule has 1 unspecified atom stereocenters. The zero-order valence-corrected chi connectivity index (χ0v) is 12.9. The fourth-order valence-electron chi connectivity index (χ4n) is 2.55. The fraction of sp³-hybridized carbons (Fsp3) is 0.471. The maximum atomic E-state index is 6.21. The quantitative estimate of drug-likeness (QED) is 0.891. The lowest BCUT2D eigenvalue weighted by Gasteiger charge is -2.24. The Bertz CT molecular complexity index is 584. The number of aromatic nitrogens is 1. The average Bonchev–Trinajstić information content (AvgIpc) is 2.33. The molecule has 2 aromatic rings. The first kappa shape index (κ1) is 14.8. The summed E-state index contributed by atoms with van der Waals surface area (Å²) in [6.45, 7) is 9.47. The smallest absolute Gasteiger partial charge is 0.0725 e. The predicted molar refractivity (Wildman–Crippen MR) is 87.0 cm³/mol. The van der Waals surface area contributed by atoms with Crippen molar-refractivity contribution in [3.8, 4) is 0 Å². The lowest BCUT2D eigenvalue weighted by Crippen LogP contribution is -2.33. The van der Waals surface area contributed by atoms with E-state index in [0.717, 1.165) is 35.2 Å². The highest BCUT2D eigenvalue weighted by Gasteiger charge is 2.15. The molecule has 0 radical (unpaired) electrons. The van der Waals surface area contributed by atoms with Crippen LogP contribution in [0.2, 0.25) is 0 Å². The summed E-state index contributed by atoms with van der Waals surface area (Å²) in [7, 11) is 0. The molecule has 1 aromatic heterocycles. The van der Waals surface area contributed by atoms with Crippen molar-refractivity contribution in [3.63, 3.8) is 0 Å². The zero-order valence-electron chi connectivity index (χ0n) is 12.9. The first-order valence-electron chi connectivity index (χ1n) is 7.21. The van der Waals surface area contributed by atoms with E-state index < -0.39 is 0 Å². The summed E-state index contributed by atoms with van der Waals surface area (Å²) >= 11 is 0. The summed E-state index contributed by atoms with van der Waals surface area (Å²) in [6.07, 6.45) is 1.00. The van der Waals surface area contributed by atoms with E-state index in [1.807, 2.05) is 25.1 Å². The van der Waals surface area contributed by atoms with Gasteiger partial charge in [-0.3, -0.25) is 4.98 Å². The molecule has 3 nitrogen and oxygen atoms in total. The predicted octanol–water partition coefficient (Wildman–Crippen LogP) is 3.72. The molecule has 2 rings (SSSR count). The summed E-state index contributed by atoms with van der Waals surface area (Å²) in [5, 5.41) is 4.64. The Hall–Kier alpha value is -1.61. The third kappa shape index (κ3) is 3.94. The van der Waals surface area contributed by atoms with Crippen molar-refractivity contribution in [1.82, 2.24) is 4.98 Å². The van der Waals surface area contributed by atoms with Crippen LogP contribution >= 0.6 is 0 Å². The van der Waals surface area contributed by atoms with Gasteiger partial charge in [-0.1, -0.05) is 39.0 Å². The van der Waals surface area contributed by atoms with Crippen LogP contribution in [0.4, 0.5) is 5.69 Å². The van der Waals surface area contributed by atoms with Crippen molar-refractivity contribution in [2.45, 2.75) is 40.2 Å². The average molecular weight is 271 g/mol. The van der Waals surface area contributed by atoms with E-state index in [1.165, 1.54) is 0 Å². The van der Waals surface area contributed by atoms with E-state index >= 15 is 0 Å². The van der Waals surface area contributed by atoms with Crippen molar-refractivity contribution < 1.29 is 0 Å². The molecule has 108 valence electrons. The number of nitrogens with zero attached hydrogens (tertiary/aromatic N) is 1. The molecule has 0 aliphatic carbocycles. The summed E-state index contributed by atoms with van der Waals surface area (Å²) in [5.74, 6) is 0. The maximum absolute atomic E-state index is 6.21. The molecule has 0 bridgehead atoms. The summed E-state index contributed by atoms with van der Waals surface area (Å²) in [6, 6.07) is 10.4. The van der Waals surface area contributed by atoms with Crippen LogP contribution in [0, 0.1) is 12.3 Å². The second-order valence-corrected chi connectivity index (χ2v) is 6.73. The molecule has 0 fully saturated rings. The molecule has 0 aliphatic heterocycles. The topological polar surface area (TPSA) is 50.9 Å². The fourth-order valence-corrected chi connectivity index (χ4v) is 2.55. The Morgan fingerprint density at radius 2 is 1.95 bits per heavy atom. The summed E-state index contributed by atoms with van der Waals surface area (Å²) in [4.78, 5) is 4.55. The van der Waals surface area contributed by atoms with Crippen molar-refractivity contribution >= 4 is 16.6 Å². The van der Waals surface area contributed by atoms with Crippen LogP contribution in [0.5, 0.6) is 0 Å². The summed E-state index contributed by atoms with van der Waals surface area (Å²) < 4.78 is 0. The lowest BCUT2D eigenvalue weighted by molar-refractivity contribution is 0.345. The monoisotopic (exact) mass is 271 g/mol. The van der Waals surface area contributed by atoms with Gasteiger partial charge in [-0.25, -0.2) is 0 Å². The van der Waals surface area contributed by atoms with Gasteiger partial charge < -0.3 is 11.1 Å². The van der Waals surface area contributed by atoms with Crippen molar-refractivity contribution in [1.29, 1.82) is 0 Å². The molecular formula is C17H25N3. The number of nitrogens with two attached hydrogens (primary N) is 1. The molecule has 1 atom stereocenters. The van der Waals surface area contributed by atoms with Crippen LogP contribution in [-0.4, -0.2) is 17.6 Å². The highest BCUT2D eigenvalue weighted by molar-refractivity contribution is 5.91. The van der Waals surface area contributed by atoms with Crippen molar-refractivity contribution in [2.75, 3.05) is 11.9 Å². The van der Waals surface area contributed by atoms with Gasteiger partial charge in [0.1, 0.15) is 0 Å². The number of hydrogen-bond acceptors (Lipinski definition) is 3. The third-order valence-electron chi connectivity index (χ3n) is 3.27. The minimum absolute atomic E-state index is 0.155. The lowest BCUT2D eigenvalue weighted by atomic mass is 9.88. The van der Waals surface area contributed by atoms with Gasteiger partial charge in [0.2, 0.25) is 0 Å². The minimum Gasteiger partial charge on any atom is -0.383 e. The van der Waals surface area contributed by atoms with Gasteiger partial charge in [-0.2, -0.15) is 0 Å². The standard InChI is InChI=1S/C17H25N3/c1-12-9-16(14-7-5-6-8-15(14)20-12)19-11-13(18)10-17(2,3)4/h5-9,13H,10-11,18H2,1-4H3,(H,19,20). The Kier molecular flexibility index (Phi) is 4.29. The second-order valence-electron chi connectivity index (χ2n) is 6.73. The molecule has 3 N–H and O–H groups in total. The van der Waals surface area contributed by atoms with Gasteiger partial charge in [-0.15, -0.1) is 0 Å². The molecule has 0 saturated heterocycles. The highest BCUT2D eigenvalue weighted by atomic mass is 14.9. The van der Waals surface area contributed by atoms with E-state index in [4.69, 9.17) is 5.73 Å².